The zero-order chi connectivity index (χ0) is 12.1. The van der Waals surface area contributed by atoms with Crippen LogP contribution in [0, 0.1) is 0 Å². The van der Waals surface area contributed by atoms with E-state index in [9.17, 15) is 0 Å². The highest BCUT2D eigenvalue weighted by Crippen LogP contribution is 2.18. The fourth-order valence-corrected chi connectivity index (χ4v) is 2.01. The maximum Gasteiger partial charge on any atom is 0.0704 e. The third-order valence-corrected chi connectivity index (χ3v) is 2.89. The van der Waals surface area contributed by atoms with Crippen LogP contribution in [0.5, 0.6) is 0 Å². The van der Waals surface area contributed by atoms with Gasteiger partial charge in [0, 0.05) is 17.6 Å². The molecule has 1 aromatic carbocycles. The van der Waals surface area contributed by atoms with Crippen molar-refractivity contribution in [2.24, 2.45) is 5.84 Å². The minimum Gasteiger partial charge on any atom is -0.271 e. The topological polar surface area (TPSA) is 50.9 Å². The number of benzene rings is 1. The van der Waals surface area contributed by atoms with E-state index in [4.69, 9.17) is 5.84 Å². The molecule has 0 aliphatic carbocycles. The highest BCUT2D eigenvalue weighted by Gasteiger charge is 2.08. The summed E-state index contributed by atoms with van der Waals surface area (Å²) in [7, 11) is 0. The van der Waals surface area contributed by atoms with Crippen LogP contribution in [0.1, 0.15) is 12.0 Å². The Morgan fingerprint density at radius 3 is 2.94 bits per heavy atom. The predicted octanol–water partition coefficient (Wildman–Crippen LogP) is 2.19. The Kier molecular flexibility index (Phi) is 3.85. The van der Waals surface area contributed by atoms with E-state index in [2.05, 4.69) is 29.1 Å². The lowest BCUT2D eigenvalue weighted by Crippen LogP contribution is -2.36. The van der Waals surface area contributed by atoms with Gasteiger partial charge in [0.2, 0.25) is 0 Å². The van der Waals surface area contributed by atoms with Crippen molar-refractivity contribution >= 4 is 10.9 Å². The van der Waals surface area contributed by atoms with Crippen LogP contribution in [0.2, 0.25) is 0 Å². The standard InChI is InChI=1S/C14H17N3/c1-2-5-12(17-15)10-11-8-9-16-14-7-4-3-6-13(11)14/h2-4,6-9,12,17H,1,5,10,15H2. The maximum absolute atomic E-state index is 5.54. The van der Waals surface area contributed by atoms with Gasteiger partial charge in [-0.15, -0.1) is 6.58 Å². The number of para-hydroxylation sites is 1. The average Bonchev–Trinajstić information content (AvgIpc) is 2.38. The molecule has 0 amide bonds. The first-order valence-corrected chi connectivity index (χ1v) is 5.75. The van der Waals surface area contributed by atoms with Crippen LogP contribution in [-0.4, -0.2) is 11.0 Å². The molecule has 0 aliphatic rings. The van der Waals surface area contributed by atoms with Gasteiger partial charge >= 0.3 is 0 Å². The minimum atomic E-state index is 0.221. The van der Waals surface area contributed by atoms with Crippen molar-refractivity contribution in [1.82, 2.24) is 10.4 Å². The van der Waals surface area contributed by atoms with E-state index in [1.165, 1.54) is 10.9 Å². The Labute approximate surface area is 101 Å². The van der Waals surface area contributed by atoms with Gasteiger partial charge in [-0.3, -0.25) is 16.3 Å². The molecule has 1 aromatic heterocycles. The van der Waals surface area contributed by atoms with Crippen molar-refractivity contribution < 1.29 is 0 Å². The Balaban J connectivity index is 2.31. The van der Waals surface area contributed by atoms with Crippen LogP contribution in [0.3, 0.4) is 0 Å². The zero-order valence-corrected chi connectivity index (χ0v) is 9.76. The summed E-state index contributed by atoms with van der Waals surface area (Å²) in [6.45, 7) is 3.74. The molecule has 3 nitrogen and oxygen atoms in total. The van der Waals surface area contributed by atoms with Gasteiger partial charge in [-0.1, -0.05) is 24.3 Å². The van der Waals surface area contributed by atoms with Gasteiger partial charge < -0.3 is 0 Å². The van der Waals surface area contributed by atoms with E-state index < -0.39 is 0 Å². The number of fused-ring (bicyclic) bond motifs is 1. The number of nitrogens with zero attached hydrogens (tertiary/aromatic N) is 1. The average molecular weight is 227 g/mol. The molecule has 0 aliphatic heterocycles. The lowest BCUT2D eigenvalue weighted by molar-refractivity contribution is 0.532. The molecular weight excluding hydrogens is 210 g/mol. The second-order valence-corrected chi connectivity index (χ2v) is 4.08. The van der Waals surface area contributed by atoms with Crippen LogP contribution in [-0.2, 0) is 6.42 Å². The van der Waals surface area contributed by atoms with Gasteiger partial charge in [0.15, 0.2) is 0 Å². The number of rotatable bonds is 5. The molecule has 0 bridgehead atoms. The summed E-state index contributed by atoms with van der Waals surface area (Å²) in [5.74, 6) is 5.54. The summed E-state index contributed by atoms with van der Waals surface area (Å²) in [5.41, 5.74) is 5.12. The Morgan fingerprint density at radius 2 is 2.18 bits per heavy atom. The van der Waals surface area contributed by atoms with Crippen LogP contribution in [0.25, 0.3) is 10.9 Å². The second kappa shape index (κ2) is 5.57. The normalized spacial score (nSPS) is 12.5. The quantitative estimate of drug-likeness (QED) is 0.467. The highest BCUT2D eigenvalue weighted by molar-refractivity contribution is 5.81. The Bertz CT molecular complexity index is 502. The lowest BCUT2D eigenvalue weighted by Gasteiger charge is -2.14. The van der Waals surface area contributed by atoms with Gasteiger partial charge in [0.05, 0.1) is 5.52 Å². The number of hydrazine groups is 1. The van der Waals surface area contributed by atoms with Crippen LogP contribution in [0.4, 0.5) is 0 Å². The molecule has 88 valence electrons. The summed E-state index contributed by atoms with van der Waals surface area (Å²) in [6, 6.07) is 10.4. The van der Waals surface area contributed by atoms with Crippen molar-refractivity contribution in [2.45, 2.75) is 18.9 Å². The zero-order valence-electron chi connectivity index (χ0n) is 9.76. The maximum atomic E-state index is 5.54. The number of nitrogens with one attached hydrogen (secondary N) is 1. The third-order valence-electron chi connectivity index (χ3n) is 2.89. The summed E-state index contributed by atoms with van der Waals surface area (Å²) in [5, 5.41) is 1.19. The predicted molar refractivity (Wildman–Crippen MR) is 71.4 cm³/mol. The highest BCUT2D eigenvalue weighted by atomic mass is 15.2. The number of pyridine rings is 1. The monoisotopic (exact) mass is 227 g/mol. The van der Waals surface area contributed by atoms with E-state index >= 15 is 0 Å². The Morgan fingerprint density at radius 1 is 1.35 bits per heavy atom. The molecule has 17 heavy (non-hydrogen) atoms. The summed E-state index contributed by atoms with van der Waals surface area (Å²) >= 11 is 0. The summed E-state index contributed by atoms with van der Waals surface area (Å²) < 4.78 is 0. The van der Waals surface area contributed by atoms with E-state index in [1.54, 1.807) is 0 Å². The minimum absolute atomic E-state index is 0.221. The molecule has 0 spiro atoms. The molecule has 1 unspecified atom stereocenters. The molecule has 2 rings (SSSR count). The number of aromatic nitrogens is 1. The van der Waals surface area contributed by atoms with Crippen molar-refractivity contribution in [3.63, 3.8) is 0 Å². The van der Waals surface area contributed by atoms with Crippen molar-refractivity contribution in [1.29, 1.82) is 0 Å². The van der Waals surface area contributed by atoms with Crippen molar-refractivity contribution in [3.05, 3.63) is 54.7 Å². The first-order chi connectivity index (χ1) is 8.35. The van der Waals surface area contributed by atoms with Crippen molar-refractivity contribution in [3.8, 4) is 0 Å². The van der Waals surface area contributed by atoms with E-state index in [0.29, 0.717) is 0 Å². The molecule has 0 saturated carbocycles. The number of hydrogen-bond donors (Lipinski definition) is 2. The molecule has 1 heterocycles. The molecule has 0 radical (unpaired) electrons. The third kappa shape index (κ3) is 2.70. The molecule has 0 fully saturated rings. The molecule has 2 aromatic rings. The van der Waals surface area contributed by atoms with Crippen molar-refractivity contribution in [2.75, 3.05) is 0 Å². The van der Waals surface area contributed by atoms with Gasteiger partial charge in [0.1, 0.15) is 0 Å². The van der Waals surface area contributed by atoms with Crippen LogP contribution in [0.15, 0.2) is 49.2 Å². The second-order valence-electron chi connectivity index (χ2n) is 4.08. The van der Waals surface area contributed by atoms with Crippen LogP contribution < -0.4 is 11.3 Å². The lowest BCUT2D eigenvalue weighted by atomic mass is 10.0. The number of hydrogen-bond acceptors (Lipinski definition) is 3. The summed E-state index contributed by atoms with van der Waals surface area (Å²) in [4.78, 5) is 4.35. The SMILES string of the molecule is C=CCC(Cc1ccnc2ccccc12)NN. The van der Waals surface area contributed by atoms with E-state index in [0.717, 1.165) is 18.4 Å². The number of nitrogens with two attached hydrogens (primary N) is 1. The van der Waals surface area contributed by atoms with Crippen LogP contribution >= 0.6 is 0 Å². The molecule has 1 atom stereocenters. The largest absolute Gasteiger partial charge is 0.271 e. The van der Waals surface area contributed by atoms with E-state index in [1.807, 2.05) is 30.5 Å². The van der Waals surface area contributed by atoms with Gasteiger partial charge in [0.25, 0.3) is 0 Å². The van der Waals surface area contributed by atoms with Gasteiger partial charge in [-0.25, -0.2) is 0 Å². The fraction of sp³-hybridized carbons (Fsp3) is 0.214. The van der Waals surface area contributed by atoms with Gasteiger partial charge in [-0.05, 0) is 30.5 Å². The fourth-order valence-electron chi connectivity index (χ4n) is 2.01. The van der Waals surface area contributed by atoms with Gasteiger partial charge in [-0.2, -0.15) is 0 Å². The smallest absolute Gasteiger partial charge is 0.0704 e. The Hall–Kier alpha value is -1.71. The first kappa shape index (κ1) is 11.8. The van der Waals surface area contributed by atoms with E-state index in [-0.39, 0.29) is 6.04 Å². The molecule has 3 heteroatoms. The molecule has 0 saturated heterocycles. The first-order valence-electron chi connectivity index (χ1n) is 5.75. The summed E-state index contributed by atoms with van der Waals surface area (Å²) in [6.07, 6.45) is 5.46. The molecular formula is C14H17N3. The molecule has 3 N–H and O–H groups in total.